The van der Waals surface area contributed by atoms with Gasteiger partial charge in [0.2, 0.25) is 22.3 Å². The molecule has 3 atom stereocenters. The highest BCUT2D eigenvalue weighted by atomic mass is 35.5. The van der Waals surface area contributed by atoms with Gasteiger partial charge in [-0.15, -0.1) is 0 Å². The van der Waals surface area contributed by atoms with Gasteiger partial charge >= 0.3 is 5.97 Å². The molecule has 0 radical (unpaired) electrons. The van der Waals surface area contributed by atoms with E-state index in [1.165, 1.54) is 47.4 Å². The molecule has 2 N–H and O–H groups in total. The standard InChI is InChI=1S/C20H21NO4.C16H9ClF2O3.C9H5ClF2O/c1-3-17(13-4-8-15(22)9-5-13)18-12(2)19(24)21(20(18)25)14-6-10-16(23)11-7-14;17-14(20)9-6-10-4-7-11(8-5-10)22-16(21)15-12(18)2-1-3-13(15)19;10-9(13)4-2-6-1-3-7(11)8(12)5-6/h4-12,17-18,22-23H,3H2,1-2H3;1-9H;1-5H/b;9-6+;4-2+. The molecular formula is C45H35Cl2F4NO8. The van der Waals surface area contributed by atoms with Crippen molar-refractivity contribution in [3.63, 3.8) is 0 Å². The molecular weight excluding hydrogens is 829 g/mol. The summed E-state index contributed by atoms with van der Waals surface area (Å²) in [6.07, 6.45) is 5.71. The van der Waals surface area contributed by atoms with E-state index in [1.807, 2.05) is 6.92 Å². The van der Waals surface area contributed by atoms with Gasteiger partial charge in [-0.2, -0.15) is 0 Å². The van der Waals surface area contributed by atoms with Gasteiger partial charge in [0.15, 0.2) is 11.6 Å². The number of rotatable bonds is 10. The lowest BCUT2D eigenvalue weighted by molar-refractivity contribution is -0.122. The largest absolute Gasteiger partial charge is 0.508 e. The molecule has 0 bridgehead atoms. The summed E-state index contributed by atoms with van der Waals surface area (Å²) in [7, 11) is 0. The molecule has 1 saturated heterocycles. The van der Waals surface area contributed by atoms with E-state index in [1.54, 1.807) is 55.5 Å². The van der Waals surface area contributed by atoms with Crippen LogP contribution in [0.2, 0.25) is 0 Å². The van der Waals surface area contributed by atoms with Gasteiger partial charge in [-0.3, -0.25) is 24.1 Å². The minimum Gasteiger partial charge on any atom is -0.508 e. The van der Waals surface area contributed by atoms with E-state index in [9.17, 15) is 51.7 Å². The van der Waals surface area contributed by atoms with Crippen LogP contribution in [0, 0.1) is 35.1 Å². The highest BCUT2D eigenvalue weighted by Crippen LogP contribution is 2.41. The monoisotopic (exact) mass is 863 g/mol. The van der Waals surface area contributed by atoms with Crippen molar-refractivity contribution in [2.45, 2.75) is 26.2 Å². The third kappa shape index (κ3) is 12.5. The number of carbonyl (C=O) groups excluding carboxylic acids is 5. The van der Waals surface area contributed by atoms with Gasteiger partial charge in [0, 0.05) is 5.92 Å². The number of hydrogen-bond donors (Lipinski definition) is 2. The third-order valence-corrected chi connectivity index (χ3v) is 9.22. The predicted molar refractivity (Wildman–Crippen MR) is 218 cm³/mol. The Morgan fingerprint density at radius 1 is 0.700 bits per heavy atom. The normalized spacial score (nSPS) is 15.2. The number of amides is 2. The lowest BCUT2D eigenvalue weighted by Gasteiger charge is -2.23. The number of nitrogens with zero attached hydrogens (tertiary/aromatic N) is 1. The number of ether oxygens (including phenoxy) is 1. The van der Waals surface area contributed by atoms with Gasteiger partial charge in [0.25, 0.3) is 0 Å². The number of carbonyl (C=O) groups is 5. The average molecular weight is 865 g/mol. The zero-order valence-corrected chi connectivity index (χ0v) is 33.2. The van der Waals surface area contributed by atoms with E-state index in [0.29, 0.717) is 23.2 Å². The Labute approximate surface area is 351 Å². The SMILES string of the molecule is CCC(c1ccc(O)cc1)C1C(=O)N(c2ccc(O)cc2)C(=O)C1C.O=C(Cl)/C=C/c1ccc(F)c(F)c1.O=C(Cl)/C=C/c1ccc(OC(=O)c2c(F)cccc2F)cc1. The van der Waals surface area contributed by atoms with Gasteiger partial charge in [-0.25, -0.2) is 22.4 Å². The Kier molecular flexibility index (Phi) is 16.5. The highest BCUT2D eigenvalue weighted by Gasteiger charge is 2.49. The summed E-state index contributed by atoms with van der Waals surface area (Å²) < 4.78 is 56.8. The zero-order valence-electron chi connectivity index (χ0n) is 31.7. The topological polar surface area (TPSA) is 138 Å². The maximum absolute atomic E-state index is 13.4. The number of halogens is 6. The van der Waals surface area contributed by atoms with Crippen molar-refractivity contribution in [1.29, 1.82) is 0 Å². The molecule has 1 fully saturated rings. The van der Waals surface area contributed by atoms with Gasteiger partial charge in [-0.1, -0.05) is 62.4 Å². The van der Waals surface area contributed by atoms with Crippen molar-refractivity contribution in [3.8, 4) is 17.2 Å². The second-order valence-electron chi connectivity index (χ2n) is 13.0. The molecule has 0 aliphatic carbocycles. The molecule has 0 aromatic heterocycles. The van der Waals surface area contributed by atoms with Crippen LogP contribution in [0.15, 0.2) is 121 Å². The first-order valence-corrected chi connectivity index (χ1v) is 18.7. The Bertz CT molecular complexity index is 2390. The van der Waals surface area contributed by atoms with E-state index >= 15 is 0 Å². The van der Waals surface area contributed by atoms with Crippen molar-refractivity contribution in [3.05, 3.63) is 167 Å². The number of aromatic hydroxyl groups is 2. The molecule has 3 unspecified atom stereocenters. The summed E-state index contributed by atoms with van der Waals surface area (Å²) in [6.45, 7) is 3.78. The first-order valence-electron chi connectivity index (χ1n) is 17.9. The molecule has 6 rings (SSSR count). The van der Waals surface area contributed by atoms with Crippen LogP contribution in [-0.4, -0.2) is 38.5 Å². The molecule has 2 amide bonds. The minimum absolute atomic E-state index is 0.0861. The Hall–Kier alpha value is -6.57. The molecule has 15 heteroatoms. The number of imide groups is 1. The molecule has 0 spiro atoms. The molecule has 0 saturated carbocycles. The number of benzene rings is 5. The molecule has 60 heavy (non-hydrogen) atoms. The van der Waals surface area contributed by atoms with E-state index in [4.69, 9.17) is 27.9 Å². The maximum atomic E-state index is 13.4. The number of phenols is 2. The van der Waals surface area contributed by atoms with Gasteiger partial charge < -0.3 is 14.9 Å². The number of phenolic OH excluding ortho intramolecular Hbond substituents is 2. The summed E-state index contributed by atoms with van der Waals surface area (Å²) in [5.74, 6) is -6.05. The van der Waals surface area contributed by atoms with Gasteiger partial charge in [-0.05, 0) is 137 Å². The van der Waals surface area contributed by atoms with E-state index in [-0.39, 0.29) is 35.0 Å². The number of esters is 1. The molecule has 310 valence electrons. The third-order valence-electron chi connectivity index (χ3n) is 8.97. The summed E-state index contributed by atoms with van der Waals surface area (Å²) in [6, 6.07) is 25.2. The molecule has 1 heterocycles. The maximum Gasteiger partial charge on any atom is 0.349 e. The van der Waals surface area contributed by atoms with E-state index < -0.39 is 57.1 Å². The quantitative estimate of drug-likeness (QED) is 0.0354. The van der Waals surface area contributed by atoms with Crippen LogP contribution in [0.1, 0.15) is 53.2 Å². The number of allylic oxidation sites excluding steroid dienone is 2. The van der Waals surface area contributed by atoms with Gasteiger partial charge in [0.05, 0.1) is 11.6 Å². The van der Waals surface area contributed by atoms with Crippen molar-refractivity contribution < 1.29 is 56.5 Å². The average Bonchev–Trinajstić information content (AvgIpc) is 3.43. The number of anilines is 1. The summed E-state index contributed by atoms with van der Waals surface area (Å²) >= 11 is 10.2. The van der Waals surface area contributed by atoms with E-state index in [2.05, 4.69) is 0 Å². The minimum atomic E-state index is -1.13. The fourth-order valence-corrected chi connectivity index (χ4v) is 6.19. The molecule has 9 nitrogen and oxygen atoms in total. The zero-order chi connectivity index (χ0) is 44.1. The number of hydrogen-bond acceptors (Lipinski definition) is 8. The summed E-state index contributed by atoms with van der Waals surface area (Å²) in [5, 5.41) is 17.6. The van der Waals surface area contributed by atoms with Crippen molar-refractivity contribution in [1.82, 2.24) is 0 Å². The van der Waals surface area contributed by atoms with Crippen LogP contribution in [0.25, 0.3) is 12.2 Å². The first kappa shape index (κ1) is 46.1. The van der Waals surface area contributed by atoms with Crippen LogP contribution in [-0.2, 0) is 19.2 Å². The van der Waals surface area contributed by atoms with Crippen molar-refractivity contribution in [2.24, 2.45) is 11.8 Å². The Morgan fingerprint density at radius 2 is 1.22 bits per heavy atom. The van der Waals surface area contributed by atoms with Crippen LogP contribution >= 0.6 is 23.2 Å². The smallest absolute Gasteiger partial charge is 0.349 e. The van der Waals surface area contributed by atoms with Gasteiger partial charge in [0.1, 0.15) is 34.4 Å². The van der Waals surface area contributed by atoms with Crippen LogP contribution in [0.3, 0.4) is 0 Å². The second kappa shape index (κ2) is 21.4. The van der Waals surface area contributed by atoms with Crippen LogP contribution < -0.4 is 9.64 Å². The molecule has 5 aromatic rings. The summed E-state index contributed by atoms with van der Waals surface area (Å²) in [4.78, 5) is 59.6. The van der Waals surface area contributed by atoms with E-state index in [0.717, 1.165) is 48.0 Å². The first-order chi connectivity index (χ1) is 28.5. The lowest BCUT2D eigenvalue weighted by atomic mass is 9.78. The Morgan fingerprint density at radius 3 is 1.73 bits per heavy atom. The Balaban J connectivity index is 0.000000208. The van der Waals surface area contributed by atoms with Crippen LogP contribution in [0.5, 0.6) is 17.2 Å². The molecule has 1 aliphatic heterocycles. The fourth-order valence-electron chi connectivity index (χ4n) is 6.06. The fraction of sp³-hybridized carbons (Fsp3) is 0.133. The summed E-state index contributed by atoms with van der Waals surface area (Å²) in [5.41, 5.74) is 1.69. The highest BCUT2D eigenvalue weighted by molar-refractivity contribution is 6.67. The van der Waals surface area contributed by atoms with Crippen molar-refractivity contribution in [2.75, 3.05) is 4.90 Å². The molecule has 1 aliphatic rings. The van der Waals surface area contributed by atoms with Crippen molar-refractivity contribution >= 4 is 69.3 Å². The lowest BCUT2D eigenvalue weighted by Crippen LogP contribution is -2.31. The second-order valence-corrected chi connectivity index (χ2v) is 13.7. The molecule has 5 aromatic carbocycles. The van der Waals surface area contributed by atoms with Crippen LogP contribution in [0.4, 0.5) is 23.2 Å². The predicted octanol–water partition coefficient (Wildman–Crippen LogP) is 10.1.